The number of carbonyl (C=O) groups excluding carboxylic acids is 2. The Hall–Kier alpha value is -2.38. The summed E-state index contributed by atoms with van der Waals surface area (Å²) in [5.74, 6) is -0.785. The SMILES string of the molecule is CCS(=O)(=O)c1ccc(Cl)cc1CNCC(=O)c1cc(Cl)c(CN2CCN(C(=O)OC(C)(C)C)CC2)c(C(F)(F)F)c1. The zero-order valence-corrected chi connectivity index (χ0v) is 26.1. The molecular weight excluding hydrogens is 618 g/mol. The molecule has 1 amide bonds. The van der Waals surface area contributed by atoms with E-state index in [1.165, 1.54) is 36.1 Å². The van der Waals surface area contributed by atoms with Crippen LogP contribution in [-0.2, 0) is 33.8 Å². The van der Waals surface area contributed by atoms with Crippen molar-refractivity contribution in [1.29, 1.82) is 0 Å². The molecule has 2 aromatic rings. The molecule has 0 radical (unpaired) electrons. The molecule has 1 heterocycles. The van der Waals surface area contributed by atoms with Crippen LogP contribution in [0.25, 0.3) is 0 Å². The Balaban J connectivity index is 1.72. The topological polar surface area (TPSA) is 96.0 Å². The van der Waals surface area contributed by atoms with Gasteiger partial charge in [-0.15, -0.1) is 0 Å². The smallest absolute Gasteiger partial charge is 0.416 e. The fraction of sp³-hybridized carbons (Fsp3) is 0.500. The minimum atomic E-state index is -4.77. The van der Waals surface area contributed by atoms with Gasteiger partial charge in [0.25, 0.3) is 0 Å². The number of Topliss-reactive ketones (excluding diaryl/α,β-unsaturated/α-hetero) is 1. The van der Waals surface area contributed by atoms with Crippen molar-refractivity contribution in [1.82, 2.24) is 15.1 Å². The number of piperazine rings is 1. The Morgan fingerprint density at radius 2 is 1.67 bits per heavy atom. The van der Waals surface area contributed by atoms with E-state index in [4.69, 9.17) is 27.9 Å². The van der Waals surface area contributed by atoms with Crippen LogP contribution < -0.4 is 5.32 Å². The number of rotatable bonds is 9. The van der Waals surface area contributed by atoms with Gasteiger partial charge in [0.15, 0.2) is 15.6 Å². The largest absolute Gasteiger partial charge is 0.444 e. The van der Waals surface area contributed by atoms with Crippen LogP contribution in [0.15, 0.2) is 35.2 Å². The van der Waals surface area contributed by atoms with Crippen molar-refractivity contribution >= 4 is 44.9 Å². The summed E-state index contributed by atoms with van der Waals surface area (Å²) < 4.78 is 72.5. The second-order valence-electron chi connectivity index (χ2n) is 10.9. The molecule has 0 atom stereocenters. The van der Waals surface area contributed by atoms with Gasteiger partial charge < -0.3 is 15.0 Å². The third-order valence-electron chi connectivity index (χ3n) is 6.57. The van der Waals surface area contributed by atoms with Crippen LogP contribution in [0.4, 0.5) is 18.0 Å². The molecule has 42 heavy (non-hydrogen) atoms. The number of ketones is 1. The average Bonchev–Trinajstić information content (AvgIpc) is 2.88. The summed E-state index contributed by atoms with van der Waals surface area (Å²) >= 11 is 12.3. The van der Waals surface area contributed by atoms with Crippen molar-refractivity contribution in [2.45, 2.75) is 57.5 Å². The first-order valence-corrected chi connectivity index (χ1v) is 15.7. The van der Waals surface area contributed by atoms with E-state index >= 15 is 0 Å². The first kappa shape index (κ1) is 34.1. The summed E-state index contributed by atoms with van der Waals surface area (Å²) in [4.78, 5) is 28.5. The molecule has 1 aliphatic rings. The number of hydrogen-bond acceptors (Lipinski definition) is 7. The van der Waals surface area contributed by atoms with E-state index in [0.717, 1.165) is 6.07 Å². The van der Waals surface area contributed by atoms with E-state index in [1.807, 2.05) is 0 Å². The van der Waals surface area contributed by atoms with Gasteiger partial charge in [-0.05, 0) is 62.2 Å². The number of nitrogens with zero attached hydrogens (tertiary/aromatic N) is 2. The summed E-state index contributed by atoms with van der Waals surface area (Å²) in [5.41, 5.74) is -1.72. The maximum absolute atomic E-state index is 14.1. The van der Waals surface area contributed by atoms with E-state index in [-0.39, 0.29) is 59.5 Å². The van der Waals surface area contributed by atoms with E-state index in [2.05, 4.69) is 5.32 Å². The van der Waals surface area contributed by atoms with Crippen LogP contribution in [0.5, 0.6) is 0 Å². The number of carbonyl (C=O) groups is 2. The molecule has 0 aromatic heterocycles. The Morgan fingerprint density at radius 1 is 1.02 bits per heavy atom. The van der Waals surface area contributed by atoms with Gasteiger partial charge in [-0.2, -0.15) is 13.2 Å². The molecule has 3 rings (SSSR count). The van der Waals surface area contributed by atoms with Crippen LogP contribution in [0.3, 0.4) is 0 Å². The molecule has 0 aliphatic carbocycles. The summed E-state index contributed by atoms with van der Waals surface area (Å²) in [7, 11) is -3.56. The molecule has 14 heteroatoms. The second kappa shape index (κ2) is 13.5. The molecular formula is C28H34Cl2F3N3O5S. The van der Waals surface area contributed by atoms with Crippen LogP contribution in [0.1, 0.15) is 54.7 Å². The maximum atomic E-state index is 14.1. The molecule has 232 valence electrons. The van der Waals surface area contributed by atoms with E-state index in [9.17, 15) is 31.2 Å². The number of halogens is 5. The molecule has 1 saturated heterocycles. The summed E-state index contributed by atoms with van der Waals surface area (Å²) in [6, 6.07) is 6.28. The standard InChI is InChI=1S/C28H34Cl2F3N3O5S/c1-5-42(39,40)25-7-6-20(29)12-19(25)15-34-16-24(37)18-13-22(28(31,32)33)21(23(30)14-18)17-35-8-10-36(11-9-35)26(38)41-27(2,3)4/h6-7,12-14,34H,5,8-11,15-17H2,1-4H3. The molecule has 2 aromatic carbocycles. The number of benzene rings is 2. The highest BCUT2D eigenvalue weighted by Gasteiger charge is 2.36. The first-order chi connectivity index (χ1) is 19.4. The van der Waals surface area contributed by atoms with E-state index in [1.54, 1.807) is 25.7 Å². The van der Waals surface area contributed by atoms with Crippen LogP contribution >= 0.6 is 23.2 Å². The number of alkyl halides is 3. The van der Waals surface area contributed by atoms with Crippen molar-refractivity contribution in [2.24, 2.45) is 0 Å². The van der Waals surface area contributed by atoms with Crippen LogP contribution in [0.2, 0.25) is 10.0 Å². The Bertz CT molecular complexity index is 1420. The number of amides is 1. The van der Waals surface area contributed by atoms with Gasteiger partial charge in [0.1, 0.15) is 5.60 Å². The van der Waals surface area contributed by atoms with E-state index < -0.39 is 39.1 Å². The lowest BCUT2D eigenvalue weighted by atomic mass is 10.00. The van der Waals surface area contributed by atoms with Crippen LogP contribution in [0, 0.1) is 0 Å². The van der Waals surface area contributed by atoms with Gasteiger partial charge >= 0.3 is 12.3 Å². The fourth-order valence-electron chi connectivity index (χ4n) is 4.41. The monoisotopic (exact) mass is 651 g/mol. The number of hydrogen-bond donors (Lipinski definition) is 1. The lowest BCUT2D eigenvalue weighted by Gasteiger charge is -2.36. The molecule has 8 nitrogen and oxygen atoms in total. The number of nitrogens with one attached hydrogen (secondary N) is 1. The molecule has 1 N–H and O–H groups in total. The highest BCUT2D eigenvalue weighted by atomic mass is 35.5. The number of sulfone groups is 1. The predicted octanol–water partition coefficient (Wildman–Crippen LogP) is 5.83. The molecule has 0 unspecified atom stereocenters. The van der Waals surface area contributed by atoms with E-state index in [0.29, 0.717) is 23.7 Å². The Morgan fingerprint density at radius 3 is 2.24 bits per heavy atom. The Labute approximate surface area is 254 Å². The van der Waals surface area contributed by atoms with Gasteiger partial charge in [-0.3, -0.25) is 9.69 Å². The van der Waals surface area contributed by atoms with Gasteiger partial charge in [0, 0.05) is 54.9 Å². The van der Waals surface area contributed by atoms with Gasteiger partial charge in [0.05, 0.1) is 22.8 Å². The summed E-state index contributed by atoms with van der Waals surface area (Å²) in [6.07, 6.45) is -5.25. The first-order valence-electron chi connectivity index (χ1n) is 13.3. The highest BCUT2D eigenvalue weighted by Crippen LogP contribution is 2.37. The van der Waals surface area contributed by atoms with Gasteiger partial charge in [0.2, 0.25) is 0 Å². The van der Waals surface area contributed by atoms with Crippen molar-refractivity contribution < 1.29 is 35.9 Å². The molecule has 0 bridgehead atoms. The molecule has 0 spiro atoms. The fourth-order valence-corrected chi connectivity index (χ4v) is 6.00. The predicted molar refractivity (Wildman–Crippen MR) is 155 cm³/mol. The van der Waals surface area contributed by atoms with Crippen LogP contribution in [-0.4, -0.2) is 74.2 Å². The van der Waals surface area contributed by atoms with Crippen molar-refractivity contribution in [3.05, 3.63) is 62.6 Å². The third-order valence-corrected chi connectivity index (χ3v) is 8.97. The minimum absolute atomic E-state index is 0.0475. The van der Waals surface area contributed by atoms with Crippen molar-refractivity contribution in [3.8, 4) is 0 Å². The average molecular weight is 653 g/mol. The normalized spacial score (nSPS) is 15.1. The minimum Gasteiger partial charge on any atom is -0.444 e. The zero-order chi connectivity index (χ0) is 31.5. The highest BCUT2D eigenvalue weighted by molar-refractivity contribution is 7.91. The third kappa shape index (κ3) is 9.06. The quantitative estimate of drug-likeness (QED) is 0.341. The molecule has 1 aliphatic heterocycles. The molecule has 0 saturated carbocycles. The lowest BCUT2D eigenvalue weighted by Crippen LogP contribution is -2.49. The zero-order valence-electron chi connectivity index (χ0n) is 23.8. The molecule has 1 fully saturated rings. The second-order valence-corrected chi connectivity index (χ2v) is 14.0. The Kier molecular flexibility index (Phi) is 11.0. The maximum Gasteiger partial charge on any atom is 0.416 e. The summed E-state index contributed by atoms with van der Waals surface area (Å²) in [5, 5.41) is 2.90. The lowest BCUT2D eigenvalue weighted by molar-refractivity contribution is -0.138. The van der Waals surface area contributed by atoms with Gasteiger partial charge in [-0.1, -0.05) is 30.1 Å². The summed E-state index contributed by atoms with van der Waals surface area (Å²) in [6.45, 7) is 7.42. The van der Waals surface area contributed by atoms with Gasteiger partial charge in [-0.25, -0.2) is 13.2 Å². The number of ether oxygens (including phenoxy) is 1. The van der Waals surface area contributed by atoms with Crippen molar-refractivity contribution in [3.63, 3.8) is 0 Å². The van der Waals surface area contributed by atoms with Crippen molar-refractivity contribution in [2.75, 3.05) is 38.5 Å².